The second-order valence-electron chi connectivity index (χ2n) is 1.62. The van der Waals surface area contributed by atoms with Crippen molar-refractivity contribution in [1.29, 1.82) is 0 Å². The zero-order valence-corrected chi connectivity index (χ0v) is 6.11. The summed E-state index contributed by atoms with van der Waals surface area (Å²) in [5.41, 5.74) is 5.34. The van der Waals surface area contributed by atoms with E-state index in [4.69, 9.17) is 10.5 Å². The largest absolute Gasteiger partial charge is 0.384 e. The van der Waals surface area contributed by atoms with Crippen LogP contribution < -0.4 is 5.73 Å². The Morgan fingerprint density at radius 3 is 2.40 bits per heavy atom. The third-order valence-electron chi connectivity index (χ3n) is 0.859. The van der Waals surface area contributed by atoms with E-state index in [0.717, 1.165) is 6.29 Å². The Morgan fingerprint density at radius 2 is 2.30 bits per heavy atom. The molecule has 0 fully saturated rings. The molecule has 4 heteroatoms. The van der Waals surface area contributed by atoms with E-state index < -0.39 is 0 Å². The quantitative estimate of drug-likeness (QED) is 0.525. The molecule has 0 spiro atoms. The Hall–Kier alpha value is -1.32. The maximum Gasteiger partial charge on any atom is 0.121 e. The molecule has 0 unspecified atom stereocenters. The van der Waals surface area contributed by atoms with Crippen LogP contribution in [0.25, 0.3) is 0 Å². The number of nitrogens with two attached hydrogens (primary N) is 1. The normalized spacial score (nSPS) is 7.80. The van der Waals surface area contributed by atoms with Crippen molar-refractivity contribution in [1.82, 2.24) is 9.78 Å². The monoisotopic (exact) mass is 141 g/mol. The van der Waals surface area contributed by atoms with Crippen molar-refractivity contribution < 1.29 is 4.79 Å². The predicted octanol–water partition coefficient (Wildman–Crippen LogP) is 0.207. The number of nitrogen functional groups attached to an aromatic ring is 1. The lowest BCUT2D eigenvalue weighted by Crippen LogP contribution is -1.95. The van der Waals surface area contributed by atoms with Crippen molar-refractivity contribution >= 4 is 12.1 Å². The molecular formula is C6H11N3O. The van der Waals surface area contributed by atoms with Crippen LogP contribution >= 0.6 is 0 Å². The van der Waals surface area contributed by atoms with Crippen LogP contribution in [0.4, 0.5) is 5.82 Å². The van der Waals surface area contributed by atoms with Crippen molar-refractivity contribution in [3.63, 3.8) is 0 Å². The Bertz CT molecular complexity index is 178. The molecule has 1 aromatic heterocycles. The predicted molar refractivity (Wildman–Crippen MR) is 39.4 cm³/mol. The lowest BCUT2D eigenvalue weighted by Gasteiger charge is -1.87. The molecule has 1 aromatic rings. The number of anilines is 1. The highest BCUT2D eigenvalue weighted by molar-refractivity contribution is 5.44. The summed E-state index contributed by atoms with van der Waals surface area (Å²) in [6, 6.07) is 1.75. The minimum absolute atomic E-state index is 0.694. The molecule has 10 heavy (non-hydrogen) atoms. The van der Waals surface area contributed by atoms with E-state index >= 15 is 0 Å². The molecule has 1 rings (SSSR count). The number of aromatic nitrogens is 2. The summed E-state index contributed by atoms with van der Waals surface area (Å²) in [4.78, 5) is 8.81. The lowest BCUT2D eigenvalue weighted by atomic mass is 10.7. The van der Waals surface area contributed by atoms with Crippen LogP contribution in [-0.2, 0) is 11.8 Å². The highest BCUT2D eigenvalue weighted by Crippen LogP contribution is 1.92. The molecule has 2 N–H and O–H groups in total. The summed E-state index contributed by atoms with van der Waals surface area (Å²) in [6.45, 7) is 1.44. The van der Waals surface area contributed by atoms with Gasteiger partial charge in [-0.15, -0.1) is 0 Å². The highest BCUT2D eigenvalue weighted by Gasteiger charge is 1.84. The number of carbonyl (C=O) groups excluding carboxylic acids is 1. The van der Waals surface area contributed by atoms with Gasteiger partial charge in [0.25, 0.3) is 0 Å². The van der Waals surface area contributed by atoms with Gasteiger partial charge in [-0.2, -0.15) is 5.10 Å². The minimum Gasteiger partial charge on any atom is -0.384 e. The number of aryl methyl sites for hydroxylation is 1. The average molecular weight is 141 g/mol. The molecule has 0 saturated carbocycles. The van der Waals surface area contributed by atoms with E-state index in [0.29, 0.717) is 5.82 Å². The number of hydrogen-bond donors (Lipinski definition) is 1. The van der Waals surface area contributed by atoms with Crippen molar-refractivity contribution in [3.05, 3.63) is 12.3 Å². The molecule has 0 aliphatic carbocycles. The van der Waals surface area contributed by atoms with Crippen LogP contribution in [0.15, 0.2) is 12.3 Å². The summed E-state index contributed by atoms with van der Waals surface area (Å²) in [5, 5.41) is 3.81. The van der Waals surface area contributed by atoms with Crippen LogP contribution in [0.3, 0.4) is 0 Å². The number of carbonyl (C=O) groups is 1. The number of hydrogen-bond acceptors (Lipinski definition) is 3. The van der Waals surface area contributed by atoms with Crippen molar-refractivity contribution in [2.24, 2.45) is 7.05 Å². The van der Waals surface area contributed by atoms with Crippen molar-refractivity contribution in [2.75, 3.05) is 5.73 Å². The van der Waals surface area contributed by atoms with E-state index in [-0.39, 0.29) is 0 Å². The maximum atomic E-state index is 8.81. The molecule has 0 saturated heterocycles. The first kappa shape index (κ1) is 8.68. The van der Waals surface area contributed by atoms with Crippen LogP contribution in [0.1, 0.15) is 6.92 Å². The van der Waals surface area contributed by atoms with Crippen LogP contribution in [0.2, 0.25) is 0 Å². The van der Waals surface area contributed by atoms with E-state index in [9.17, 15) is 0 Å². The first-order chi connectivity index (χ1) is 4.72. The fourth-order valence-electron chi connectivity index (χ4n) is 0.384. The Morgan fingerprint density at radius 1 is 1.80 bits per heavy atom. The molecule has 56 valence electrons. The molecule has 0 atom stereocenters. The standard InChI is InChI=1S/C4H7N3.C2H4O/c1-7-4(5)2-3-6-7;1-2-3/h2-3H,5H2,1H3;2H,1H3. The second kappa shape index (κ2) is 4.55. The second-order valence-corrected chi connectivity index (χ2v) is 1.62. The van der Waals surface area contributed by atoms with Gasteiger partial charge >= 0.3 is 0 Å². The average Bonchev–Trinajstić information content (AvgIpc) is 2.19. The van der Waals surface area contributed by atoms with Gasteiger partial charge in [0.05, 0.1) is 6.20 Å². The van der Waals surface area contributed by atoms with E-state index in [1.165, 1.54) is 6.92 Å². The molecule has 0 bridgehead atoms. The third-order valence-corrected chi connectivity index (χ3v) is 0.859. The van der Waals surface area contributed by atoms with Gasteiger partial charge in [0.2, 0.25) is 0 Å². The van der Waals surface area contributed by atoms with Gasteiger partial charge in [-0.05, 0) is 13.0 Å². The first-order valence-electron chi connectivity index (χ1n) is 2.85. The summed E-state index contributed by atoms with van der Waals surface area (Å²) in [5.74, 6) is 0.694. The third kappa shape index (κ3) is 2.86. The highest BCUT2D eigenvalue weighted by atomic mass is 16.1. The van der Waals surface area contributed by atoms with Gasteiger partial charge < -0.3 is 10.5 Å². The van der Waals surface area contributed by atoms with Gasteiger partial charge in [-0.25, -0.2) is 0 Å². The molecule has 0 aromatic carbocycles. The number of rotatable bonds is 0. The zero-order valence-electron chi connectivity index (χ0n) is 6.11. The van der Waals surface area contributed by atoms with E-state index in [1.54, 1.807) is 24.0 Å². The Labute approximate surface area is 59.6 Å². The first-order valence-corrected chi connectivity index (χ1v) is 2.85. The summed E-state index contributed by atoms with van der Waals surface area (Å²) in [6.07, 6.45) is 2.41. The van der Waals surface area contributed by atoms with Gasteiger partial charge in [-0.1, -0.05) is 0 Å². The topological polar surface area (TPSA) is 60.9 Å². The maximum absolute atomic E-state index is 8.81. The molecule has 0 radical (unpaired) electrons. The fraction of sp³-hybridized carbons (Fsp3) is 0.333. The smallest absolute Gasteiger partial charge is 0.121 e. The summed E-state index contributed by atoms with van der Waals surface area (Å²) < 4.78 is 1.61. The van der Waals surface area contributed by atoms with Gasteiger partial charge in [-0.3, -0.25) is 4.68 Å². The number of aldehydes is 1. The van der Waals surface area contributed by atoms with Crippen molar-refractivity contribution in [2.45, 2.75) is 6.92 Å². The number of nitrogens with zero attached hydrogens (tertiary/aromatic N) is 2. The molecular weight excluding hydrogens is 130 g/mol. The summed E-state index contributed by atoms with van der Waals surface area (Å²) >= 11 is 0. The van der Waals surface area contributed by atoms with Gasteiger partial charge in [0, 0.05) is 7.05 Å². The lowest BCUT2D eigenvalue weighted by molar-refractivity contribution is -0.106. The van der Waals surface area contributed by atoms with Crippen LogP contribution in [0, 0.1) is 0 Å². The minimum atomic E-state index is 0.694. The fourth-order valence-corrected chi connectivity index (χ4v) is 0.384. The molecule has 0 aliphatic heterocycles. The molecule has 1 heterocycles. The van der Waals surface area contributed by atoms with Crippen molar-refractivity contribution in [3.8, 4) is 0 Å². The molecule has 0 aliphatic rings. The Balaban J connectivity index is 0.000000236. The van der Waals surface area contributed by atoms with Gasteiger partial charge in [0.1, 0.15) is 12.1 Å². The van der Waals surface area contributed by atoms with E-state index in [1.807, 2.05) is 0 Å². The molecule has 0 amide bonds. The molecule has 4 nitrogen and oxygen atoms in total. The van der Waals surface area contributed by atoms with Crippen LogP contribution in [0.5, 0.6) is 0 Å². The summed E-state index contributed by atoms with van der Waals surface area (Å²) in [7, 11) is 1.80. The Kier molecular flexibility index (Phi) is 3.95. The van der Waals surface area contributed by atoms with Crippen LogP contribution in [-0.4, -0.2) is 16.1 Å². The zero-order chi connectivity index (χ0) is 7.98. The SMILES string of the molecule is CC=O.Cn1nccc1N. The van der Waals surface area contributed by atoms with Gasteiger partial charge in [0.15, 0.2) is 0 Å². The van der Waals surface area contributed by atoms with E-state index in [2.05, 4.69) is 5.10 Å².